The van der Waals surface area contributed by atoms with Crippen LogP contribution in [0.15, 0.2) is 28.7 Å². The molecular weight excluding hydrogens is 246 g/mol. The largest absolute Gasteiger partial charge is 0.484 e. The first-order valence-electron chi connectivity index (χ1n) is 6.01. The minimum Gasteiger partial charge on any atom is -0.484 e. The first-order valence-corrected chi connectivity index (χ1v) is 6.01. The second kappa shape index (κ2) is 5.56. The molecule has 2 aromatic heterocycles. The Morgan fingerprint density at radius 3 is 2.79 bits per heavy atom. The molecule has 2 aromatic rings. The first kappa shape index (κ1) is 13.1. The molecule has 0 spiro atoms. The van der Waals surface area contributed by atoms with Crippen molar-refractivity contribution in [2.75, 3.05) is 0 Å². The quantitative estimate of drug-likeness (QED) is 0.895. The van der Waals surface area contributed by atoms with E-state index in [4.69, 9.17) is 14.3 Å². The molecule has 100 valence electrons. The molecule has 0 atom stereocenters. The maximum Gasteiger partial charge on any atom is 0.371 e. The van der Waals surface area contributed by atoms with Crippen molar-refractivity contribution in [2.24, 2.45) is 0 Å². The number of rotatable bonds is 5. The number of carboxylic acids is 1. The number of aromatic nitrogens is 1. The number of pyridine rings is 1. The lowest BCUT2D eigenvalue weighted by atomic mass is 10.2. The van der Waals surface area contributed by atoms with Crippen LogP contribution in [0.3, 0.4) is 0 Å². The lowest BCUT2D eigenvalue weighted by Gasteiger charge is -2.09. The summed E-state index contributed by atoms with van der Waals surface area (Å²) in [7, 11) is 0. The van der Waals surface area contributed by atoms with Gasteiger partial charge in [-0.1, -0.05) is 6.92 Å². The van der Waals surface area contributed by atoms with E-state index in [0.717, 1.165) is 17.8 Å². The predicted octanol–water partition coefficient (Wildman–Crippen LogP) is 2.82. The Morgan fingerprint density at radius 2 is 2.16 bits per heavy atom. The van der Waals surface area contributed by atoms with Gasteiger partial charge in [-0.2, -0.15) is 0 Å². The molecule has 0 saturated heterocycles. The lowest BCUT2D eigenvalue weighted by Crippen LogP contribution is -2.00. The van der Waals surface area contributed by atoms with Crippen LogP contribution in [-0.4, -0.2) is 16.1 Å². The zero-order valence-electron chi connectivity index (χ0n) is 10.8. The van der Waals surface area contributed by atoms with Crippen LogP contribution in [0.2, 0.25) is 0 Å². The molecule has 19 heavy (non-hydrogen) atoms. The van der Waals surface area contributed by atoms with Gasteiger partial charge in [-0.15, -0.1) is 0 Å². The van der Waals surface area contributed by atoms with Crippen molar-refractivity contribution in [2.45, 2.75) is 26.9 Å². The Kier molecular flexibility index (Phi) is 3.85. The summed E-state index contributed by atoms with van der Waals surface area (Å²) in [6, 6.07) is 6.74. The molecule has 0 unspecified atom stereocenters. The molecule has 0 amide bonds. The molecule has 0 aromatic carbocycles. The monoisotopic (exact) mass is 261 g/mol. The van der Waals surface area contributed by atoms with Crippen LogP contribution in [0, 0.1) is 6.92 Å². The molecule has 5 heteroatoms. The third-order valence-electron chi connectivity index (χ3n) is 2.65. The van der Waals surface area contributed by atoms with Gasteiger partial charge in [0.15, 0.2) is 0 Å². The van der Waals surface area contributed by atoms with Crippen molar-refractivity contribution in [1.29, 1.82) is 0 Å². The number of hydrogen-bond acceptors (Lipinski definition) is 4. The summed E-state index contributed by atoms with van der Waals surface area (Å²) in [5.74, 6) is -0.00440. The number of carbonyl (C=O) groups is 1. The number of aromatic carboxylic acids is 1. The topological polar surface area (TPSA) is 72.6 Å². The molecule has 0 aliphatic heterocycles. The Balaban J connectivity index is 2.07. The summed E-state index contributed by atoms with van der Waals surface area (Å²) >= 11 is 0. The number of carboxylic acid groups (broad SMARTS) is 1. The van der Waals surface area contributed by atoms with E-state index in [1.165, 1.54) is 6.07 Å². The summed E-state index contributed by atoms with van der Waals surface area (Å²) in [4.78, 5) is 15.1. The fourth-order valence-electron chi connectivity index (χ4n) is 1.70. The van der Waals surface area contributed by atoms with E-state index in [9.17, 15) is 4.79 Å². The standard InChI is InChI=1S/C14H15NO4/c1-3-11-12(6-4-9(2)15-11)18-8-10-5-7-13(19-10)14(16)17/h4-7H,3,8H2,1-2H3,(H,16,17). The lowest BCUT2D eigenvalue weighted by molar-refractivity contribution is 0.0658. The van der Waals surface area contributed by atoms with E-state index in [-0.39, 0.29) is 12.4 Å². The van der Waals surface area contributed by atoms with E-state index in [1.807, 2.05) is 26.0 Å². The summed E-state index contributed by atoms with van der Waals surface area (Å²) in [5, 5.41) is 8.75. The van der Waals surface area contributed by atoms with E-state index in [1.54, 1.807) is 6.07 Å². The highest BCUT2D eigenvalue weighted by atomic mass is 16.5. The molecule has 0 aliphatic rings. The third kappa shape index (κ3) is 3.13. The fraction of sp³-hybridized carbons (Fsp3) is 0.286. The van der Waals surface area contributed by atoms with Gasteiger partial charge in [0.2, 0.25) is 5.76 Å². The highest BCUT2D eigenvalue weighted by molar-refractivity contribution is 5.84. The van der Waals surface area contributed by atoms with Crippen LogP contribution in [-0.2, 0) is 13.0 Å². The maximum absolute atomic E-state index is 10.7. The summed E-state index contributed by atoms with van der Waals surface area (Å²) in [5.41, 5.74) is 1.82. The van der Waals surface area contributed by atoms with Crippen molar-refractivity contribution in [3.63, 3.8) is 0 Å². The molecule has 0 bridgehead atoms. The second-order valence-corrected chi connectivity index (χ2v) is 4.11. The number of aryl methyl sites for hydroxylation is 2. The van der Waals surface area contributed by atoms with Crippen molar-refractivity contribution < 1.29 is 19.1 Å². The highest BCUT2D eigenvalue weighted by Gasteiger charge is 2.10. The van der Waals surface area contributed by atoms with E-state index >= 15 is 0 Å². The molecule has 0 aliphatic carbocycles. The fourth-order valence-corrected chi connectivity index (χ4v) is 1.70. The van der Waals surface area contributed by atoms with E-state index in [0.29, 0.717) is 11.5 Å². The minimum atomic E-state index is -1.09. The average Bonchev–Trinajstić information content (AvgIpc) is 2.86. The predicted molar refractivity (Wildman–Crippen MR) is 68.4 cm³/mol. The number of ether oxygens (including phenoxy) is 1. The van der Waals surface area contributed by atoms with Crippen molar-refractivity contribution in [3.8, 4) is 5.75 Å². The summed E-state index contributed by atoms with van der Waals surface area (Å²) < 4.78 is 10.7. The first-order chi connectivity index (χ1) is 9.10. The van der Waals surface area contributed by atoms with Gasteiger partial charge >= 0.3 is 5.97 Å². The molecule has 1 N–H and O–H groups in total. The van der Waals surface area contributed by atoms with E-state index in [2.05, 4.69) is 4.98 Å². The van der Waals surface area contributed by atoms with Gasteiger partial charge in [-0.3, -0.25) is 4.98 Å². The van der Waals surface area contributed by atoms with Crippen molar-refractivity contribution in [1.82, 2.24) is 4.98 Å². The third-order valence-corrected chi connectivity index (χ3v) is 2.65. The Morgan fingerprint density at radius 1 is 1.37 bits per heavy atom. The Bertz CT molecular complexity index is 589. The normalized spacial score (nSPS) is 10.4. The number of furan rings is 1. The van der Waals surface area contributed by atoms with Gasteiger partial charge in [0, 0.05) is 5.69 Å². The summed E-state index contributed by atoms with van der Waals surface area (Å²) in [6.45, 7) is 4.11. The molecule has 2 heterocycles. The van der Waals surface area contributed by atoms with Gasteiger partial charge in [0.05, 0.1) is 5.69 Å². The van der Waals surface area contributed by atoms with Gasteiger partial charge < -0.3 is 14.3 Å². The second-order valence-electron chi connectivity index (χ2n) is 4.11. The van der Waals surface area contributed by atoms with Crippen LogP contribution in [0.4, 0.5) is 0 Å². The zero-order chi connectivity index (χ0) is 13.8. The molecule has 0 saturated carbocycles. The van der Waals surface area contributed by atoms with Crippen molar-refractivity contribution in [3.05, 3.63) is 47.2 Å². The van der Waals surface area contributed by atoms with Crippen LogP contribution in [0.25, 0.3) is 0 Å². The molecule has 2 rings (SSSR count). The zero-order valence-corrected chi connectivity index (χ0v) is 10.8. The van der Waals surface area contributed by atoms with Gasteiger partial charge in [0.1, 0.15) is 18.1 Å². The highest BCUT2D eigenvalue weighted by Crippen LogP contribution is 2.19. The van der Waals surface area contributed by atoms with Crippen molar-refractivity contribution >= 4 is 5.97 Å². The summed E-state index contributed by atoms with van der Waals surface area (Å²) in [6.07, 6.45) is 0.773. The van der Waals surface area contributed by atoms with Crippen LogP contribution in [0.5, 0.6) is 5.75 Å². The van der Waals surface area contributed by atoms with E-state index < -0.39 is 5.97 Å². The smallest absolute Gasteiger partial charge is 0.371 e. The molecule has 0 radical (unpaired) electrons. The minimum absolute atomic E-state index is 0.0867. The average molecular weight is 261 g/mol. The van der Waals surface area contributed by atoms with Crippen LogP contribution < -0.4 is 4.74 Å². The Hall–Kier alpha value is -2.30. The number of nitrogens with zero attached hydrogens (tertiary/aromatic N) is 1. The van der Waals surface area contributed by atoms with Crippen LogP contribution >= 0.6 is 0 Å². The molecular formula is C14H15NO4. The van der Waals surface area contributed by atoms with Gasteiger partial charge in [-0.05, 0) is 37.6 Å². The van der Waals surface area contributed by atoms with Gasteiger partial charge in [-0.25, -0.2) is 4.79 Å². The maximum atomic E-state index is 10.7. The molecule has 0 fully saturated rings. The Labute approximate surface area is 110 Å². The molecule has 5 nitrogen and oxygen atoms in total. The van der Waals surface area contributed by atoms with Gasteiger partial charge in [0.25, 0.3) is 0 Å². The van der Waals surface area contributed by atoms with Crippen LogP contribution in [0.1, 0.15) is 34.6 Å². The number of hydrogen-bond donors (Lipinski definition) is 1. The SMILES string of the molecule is CCc1nc(C)ccc1OCc1ccc(C(=O)O)o1.